The Balaban J connectivity index is 2.16. The first-order valence-corrected chi connectivity index (χ1v) is 7.87. The van der Waals surface area contributed by atoms with Gasteiger partial charge in [0.05, 0.1) is 5.02 Å². The molecule has 1 heterocycles. The fourth-order valence-electron chi connectivity index (χ4n) is 2.11. The van der Waals surface area contributed by atoms with Crippen LogP contribution in [0.3, 0.4) is 0 Å². The summed E-state index contributed by atoms with van der Waals surface area (Å²) in [6, 6.07) is 10.5. The fourth-order valence-corrected chi connectivity index (χ4v) is 2.55. The molecule has 0 saturated heterocycles. The molecule has 20 heavy (non-hydrogen) atoms. The normalized spacial score (nSPS) is 12.4. The molecule has 1 N–H and O–H groups in total. The second-order valence-electron chi connectivity index (χ2n) is 4.73. The zero-order valence-corrected chi connectivity index (χ0v) is 14.0. The molecule has 1 unspecified atom stereocenters. The third kappa shape index (κ3) is 3.81. The predicted molar refractivity (Wildman–Crippen MR) is 88.3 cm³/mol. The monoisotopic (exact) mass is 352 g/mol. The van der Waals surface area contributed by atoms with E-state index >= 15 is 0 Å². The summed E-state index contributed by atoms with van der Waals surface area (Å²) in [4.78, 5) is 4.52. The molecular formula is C16H18BrClN2. The molecule has 0 saturated carbocycles. The maximum absolute atomic E-state index is 6.17. The number of nitrogens with zero attached hydrogens (tertiary/aromatic N) is 1. The molecule has 1 aromatic carbocycles. The van der Waals surface area contributed by atoms with Gasteiger partial charge in [0.2, 0.25) is 0 Å². The Morgan fingerprint density at radius 2 is 2.10 bits per heavy atom. The Bertz CT molecular complexity index is 569. The van der Waals surface area contributed by atoms with Gasteiger partial charge in [-0.3, -0.25) is 4.98 Å². The summed E-state index contributed by atoms with van der Waals surface area (Å²) in [5, 5.41) is 4.06. The number of rotatable bonds is 5. The maximum Gasteiger partial charge on any atom is 0.0551 e. The number of halogens is 2. The van der Waals surface area contributed by atoms with Crippen molar-refractivity contribution in [3.63, 3.8) is 0 Å². The van der Waals surface area contributed by atoms with Crippen molar-refractivity contribution in [2.24, 2.45) is 0 Å². The largest absolute Gasteiger partial charge is 0.313 e. The number of hydrogen-bond donors (Lipinski definition) is 1. The van der Waals surface area contributed by atoms with Crippen LogP contribution in [0.25, 0.3) is 0 Å². The van der Waals surface area contributed by atoms with Gasteiger partial charge < -0.3 is 5.32 Å². The highest BCUT2D eigenvalue weighted by Gasteiger charge is 2.12. The topological polar surface area (TPSA) is 24.9 Å². The molecule has 0 aliphatic heterocycles. The molecule has 0 bridgehead atoms. The highest BCUT2D eigenvalue weighted by atomic mass is 79.9. The third-order valence-corrected chi connectivity index (χ3v) is 4.63. The lowest BCUT2D eigenvalue weighted by atomic mass is 10.0. The minimum absolute atomic E-state index is 0.209. The summed E-state index contributed by atoms with van der Waals surface area (Å²) >= 11 is 9.59. The van der Waals surface area contributed by atoms with E-state index in [2.05, 4.69) is 51.4 Å². The molecule has 2 nitrogen and oxygen atoms in total. The van der Waals surface area contributed by atoms with Gasteiger partial charge in [0, 0.05) is 28.8 Å². The van der Waals surface area contributed by atoms with E-state index in [9.17, 15) is 0 Å². The predicted octanol–water partition coefficient (Wildman–Crippen LogP) is 4.56. The molecule has 106 valence electrons. The highest BCUT2D eigenvalue weighted by molar-refractivity contribution is 9.10. The summed E-state index contributed by atoms with van der Waals surface area (Å²) in [5.41, 5.74) is 3.52. The van der Waals surface area contributed by atoms with Crippen LogP contribution in [0.15, 0.2) is 41.0 Å². The van der Waals surface area contributed by atoms with Crippen molar-refractivity contribution in [3.05, 3.63) is 62.8 Å². The SMILES string of the molecule is CCc1ccc(CC(NC)c2ccc(Br)c(Cl)c2)nc1. The van der Waals surface area contributed by atoms with E-state index in [4.69, 9.17) is 11.6 Å². The lowest BCUT2D eigenvalue weighted by Crippen LogP contribution is -2.19. The smallest absolute Gasteiger partial charge is 0.0551 e. The number of benzene rings is 1. The van der Waals surface area contributed by atoms with E-state index in [1.54, 1.807) is 0 Å². The molecule has 2 aromatic rings. The minimum Gasteiger partial charge on any atom is -0.313 e. The van der Waals surface area contributed by atoms with Crippen molar-refractivity contribution in [1.29, 1.82) is 0 Å². The van der Waals surface area contributed by atoms with Crippen LogP contribution in [0.1, 0.15) is 29.8 Å². The van der Waals surface area contributed by atoms with Gasteiger partial charge in [-0.15, -0.1) is 0 Å². The van der Waals surface area contributed by atoms with Crippen molar-refractivity contribution in [1.82, 2.24) is 10.3 Å². The van der Waals surface area contributed by atoms with Crippen LogP contribution in [0, 0.1) is 0 Å². The second kappa shape index (κ2) is 7.21. The van der Waals surface area contributed by atoms with Crippen LogP contribution < -0.4 is 5.32 Å². The van der Waals surface area contributed by atoms with Gasteiger partial charge in [-0.1, -0.05) is 30.7 Å². The average molecular weight is 354 g/mol. The molecule has 2 rings (SSSR count). The average Bonchev–Trinajstić information content (AvgIpc) is 2.48. The maximum atomic E-state index is 6.17. The summed E-state index contributed by atoms with van der Waals surface area (Å²) in [6.07, 6.45) is 3.82. The fraction of sp³-hybridized carbons (Fsp3) is 0.312. The first-order valence-electron chi connectivity index (χ1n) is 6.70. The number of nitrogens with one attached hydrogen (secondary N) is 1. The molecule has 0 aliphatic carbocycles. The van der Waals surface area contributed by atoms with Gasteiger partial charge in [0.15, 0.2) is 0 Å². The van der Waals surface area contributed by atoms with Crippen LogP contribution in [-0.2, 0) is 12.8 Å². The van der Waals surface area contributed by atoms with Crippen molar-refractivity contribution in [2.45, 2.75) is 25.8 Å². The Kier molecular flexibility index (Phi) is 5.58. The highest BCUT2D eigenvalue weighted by Crippen LogP contribution is 2.27. The second-order valence-corrected chi connectivity index (χ2v) is 5.99. The van der Waals surface area contributed by atoms with E-state index in [1.807, 2.05) is 25.4 Å². The van der Waals surface area contributed by atoms with Crippen LogP contribution in [-0.4, -0.2) is 12.0 Å². The summed E-state index contributed by atoms with van der Waals surface area (Å²) in [6.45, 7) is 2.14. The summed E-state index contributed by atoms with van der Waals surface area (Å²) < 4.78 is 0.920. The number of pyridine rings is 1. The van der Waals surface area contributed by atoms with Crippen molar-refractivity contribution < 1.29 is 0 Å². The minimum atomic E-state index is 0.209. The molecule has 0 amide bonds. The first kappa shape index (κ1) is 15.5. The van der Waals surface area contributed by atoms with Crippen molar-refractivity contribution in [2.75, 3.05) is 7.05 Å². The molecule has 0 fully saturated rings. The summed E-state index contributed by atoms with van der Waals surface area (Å²) in [5.74, 6) is 0. The van der Waals surface area contributed by atoms with Crippen LogP contribution >= 0.6 is 27.5 Å². The van der Waals surface area contributed by atoms with Gasteiger partial charge in [-0.05, 0) is 58.7 Å². The van der Waals surface area contributed by atoms with Gasteiger partial charge in [-0.25, -0.2) is 0 Å². The van der Waals surface area contributed by atoms with Crippen molar-refractivity contribution >= 4 is 27.5 Å². The number of aryl methyl sites for hydroxylation is 1. The van der Waals surface area contributed by atoms with Gasteiger partial charge in [0.25, 0.3) is 0 Å². The molecule has 0 spiro atoms. The van der Waals surface area contributed by atoms with E-state index < -0.39 is 0 Å². The number of hydrogen-bond acceptors (Lipinski definition) is 2. The Hall–Kier alpha value is -0.900. The van der Waals surface area contributed by atoms with E-state index in [1.165, 1.54) is 11.1 Å². The summed E-state index contributed by atoms with van der Waals surface area (Å²) in [7, 11) is 1.96. The van der Waals surface area contributed by atoms with Gasteiger partial charge in [-0.2, -0.15) is 0 Å². The van der Waals surface area contributed by atoms with E-state index in [-0.39, 0.29) is 6.04 Å². The first-order chi connectivity index (χ1) is 9.63. The number of likely N-dealkylation sites (N-methyl/N-ethyl adjacent to an activating group) is 1. The quantitative estimate of drug-likeness (QED) is 0.852. The molecule has 1 atom stereocenters. The zero-order chi connectivity index (χ0) is 14.5. The van der Waals surface area contributed by atoms with Gasteiger partial charge in [0.1, 0.15) is 0 Å². The van der Waals surface area contributed by atoms with Gasteiger partial charge >= 0.3 is 0 Å². The van der Waals surface area contributed by atoms with Crippen LogP contribution in [0.2, 0.25) is 5.02 Å². The third-order valence-electron chi connectivity index (χ3n) is 3.40. The lowest BCUT2D eigenvalue weighted by molar-refractivity contribution is 0.584. The van der Waals surface area contributed by atoms with Crippen LogP contribution in [0.4, 0.5) is 0 Å². The van der Waals surface area contributed by atoms with E-state index in [0.717, 1.165) is 28.0 Å². The van der Waals surface area contributed by atoms with Crippen LogP contribution in [0.5, 0.6) is 0 Å². The van der Waals surface area contributed by atoms with E-state index in [0.29, 0.717) is 0 Å². The Labute approximate surface area is 133 Å². The molecule has 4 heteroatoms. The molecule has 1 aromatic heterocycles. The number of aromatic nitrogens is 1. The van der Waals surface area contributed by atoms with Crippen molar-refractivity contribution in [3.8, 4) is 0 Å². The molecule has 0 aliphatic rings. The molecular weight excluding hydrogens is 336 g/mol. The lowest BCUT2D eigenvalue weighted by Gasteiger charge is -2.17. The Morgan fingerprint density at radius 3 is 2.65 bits per heavy atom. The zero-order valence-electron chi connectivity index (χ0n) is 11.7. The Morgan fingerprint density at radius 1 is 1.30 bits per heavy atom. The standard InChI is InChI=1S/C16H18BrClN2/c1-3-11-4-6-13(20-10-11)9-16(19-2)12-5-7-14(17)15(18)8-12/h4-8,10,16,19H,3,9H2,1-2H3. The molecule has 0 radical (unpaired) electrons.